The van der Waals surface area contributed by atoms with Gasteiger partial charge in [0.05, 0.1) is 0 Å². The molecule has 2 heterocycles. The Hall–Kier alpha value is -1.65. The van der Waals surface area contributed by atoms with E-state index < -0.39 is 0 Å². The zero-order valence-corrected chi connectivity index (χ0v) is 10.7. The minimum atomic E-state index is 0.409. The van der Waals surface area contributed by atoms with Crippen molar-refractivity contribution in [1.29, 1.82) is 5.26 Å². The molecule has 2 rings (SSSR count). The summed E-state index contributed by atoms with van der Waals surface area (Å²) >= 11 is 2.88. The predicted octanol–water partition coefficient (Wildman–Crippen LogP) is 2.39. The van der Waals surface area contributed by atoms with E-state index in [1.54, 1.807) is 12.1 Å². The van der Waals surface area contributed by atoms with Gasteiger partial charge in [-0.1, -0.05) is 17.4 Å². The molecule has 0 saturated carbocycles. The quantitative estimate of drug-likeness (QED) is 0.913. The number of rotatable bonds is 4. The first kappa shape index (κ1) is 11.8. The second-order valence-corrected chi connectivity index (χ2v) is 5.22. The molecule has 17 heavy (non-hydrogen) atoms. The van der Waals surface area contributed by atoms with Crippen molar-refractivity contribution in [3.63, 3.8) is 0 Å². The molecule has 0 amide bonds. The van der Waals surface area contributed by atoms with Crippen LogP contribution in [0.3, 0.4) is 0 Å². The average molecular weight is 263 g/mol. The number of nitrogens with one attached hydrogen (secondary N) is 1. The Balaban J connectivity index is 2.11. The van der Waals surface area contributed by atoms with Gasteiger partial charge in [-0.3, -0.25) is 0 Å². The highest BCUT2D eigenvalue weighted by Crippen LogP contribution is 2.30. The first-order valence-corrected chi connectivity index (χ1v) is 6.57. The maximum atomic E-state index is 8.75. The van der Waals surface area contributed by atoms with E-state index in [0.717, 1.165) is 21.0 Å². The molecule has 2 aromatic rings. The molecular formula is C10H9N5S2. The molecule has 0 saturated heterocycles. The second kappa shape index (κ2) is 5.61. The molecule has 5 nitrogen and oxygen atoms in total. The van der Waals surface area contributed by atoms with E-state index in [-0.39, 0.29) is 0 Å². The van der Waals surface area contributed by atoms with E-state index in [0.29, 0.717) is 5.69 Å². The number of nitriles is 1. The topological polar surface area (TPSA) is 74.5 Å². The van der Waals surface area contributed by atoms with Crippen LogP contribution in [0.2, 0.25) is 0 Å². The third kappa shape index (κ3) is 3.15. The van der Waals surface area contributed by atoms with Gasteiger partial charge in [0.25, 0.3) is 0 Å². The number of anilines is 1. The van der Waals surface area contributed by atoms with Crippen molar-refractivity contribution in [3.8, 4) is 6.07 Å². The molecule has 2 aromatic heterocycles. The summed E-state index contributed by atoms with van der Waals surface area (Å²) < 4.78 is 0.809. The Morgan fingerprint density at radius 3 is 3.12 bits per heavy atom. The zero-order chi connectivity index (χ0) is 12.1. The van der Waals surface area contributed by atoms with Crippen molar-refractivity contribution in [2.75, 3.05) is 11.9 Å². The second-order valence-electron chi connectivity index (χ2n) is 2.98. The minimum Gasteiger partial charge on any atom is -0.360 e. The fraction of sp³-hybridized carbons (Fsp3) is 0.200. The molecule has 1 N–H and O–H groups in total. The van der Waals surface area contributed by atoms with Crippen LogP contribution in [0.5, 0.6) is 0 Å². The van der Waals surface area contributed by atoms with Crippen molar-refractivity contribution < 1.29 is 0 Å². The van der Waals surface area contributed by atoms with Crippen LogP contribution in [0, 0.1) is 11.3 Å². The van der Waals surface area contributed by atoms with Gasteiger partial charge in [-0.25, -0.2) is 4.98 Å². The summed E-state index contributed by atoms with van der Waals surface area (Å²) in [5.74, 6) is 0. The molecule has 0 aliphatic rings. The summed E-state index contributed by atoms with van der Waals surface area (Å²) in [6, 6.07) is 7.34. The van der Waals surface area contributed by atoms with E-state index in [2.05, 4.69) is 20.5 Å². The molecule has 0 bridgehead atoms. The van der Waals surface area contributed by atoms with Gasteiger partial charge in [-0.05, 0) is 30.8 Å². The lowest BCUT2D eigenvalue weighted by atomic mass is 10.4. The third-order valence-corrected chi connectivity index (χ3v) is 3.63. The molecule has 0 aromatic carbocycles. The summed E-state index contributed by atoms with van der Waals surface area (Å²) in [6.45, 7) is 2.83. The maximum absolute atomic E-state index is 8.75. The smallest absolute Gasteiger partial charge is 0.206 e. The monoisotopic (exact) mass is 263 g/mol. The lowest BCUT2D eigenvalue weighted by Crippen LogP contribution is -1.94. The summed E-state index contributed by atoms with van der Waals surface area (Å²) in [5.41, 5.74) is 0.409. The number of pyridine rings is 1. The van der Waals surface area contributed by atoms with Gasteiger partial charge in [0.15, 0.2) is 4.34 Å². The van der Waals surface area contributed by atoms with Crippen LogP contribution < -0.4 is 5.32 Å². The first-order valence-electron chi connectivity index (χ1n) is 4.94. The highest BCUT2D eigenvalue weighted by molar-refractivity contribution is 8.01. The SMILES string of the molecule is CCNc1nnc(Sc2cccc(C#N)n2)s1. The summed E-state index contributed by atoms with van der Waals surface area (Å²) in [4.78, 5) is 4.16. The summed E-state index contributed by atoms with van der Waals surface area (Å²) in [5, 5.41) is 21.4. The summed E-state index contributed by atoms with van der Waals surface area (Å²) in [7, 11) is 0. The minimum absolute atomic E-state index is 0.409. The highest BCUT2D eigenvalue weighted by Gasteiger charge is 2.06. The lowest BCUT2D eigenvalue weighted by Gasteiger charge is -1.95. The number of nitrogens with zero attached hydrogens (tertiary/aromatic N) is 4. The third-order valence-electron chi connectivity index (χ3n) is 1.76. The largest absolute Gasteiger partial charge is 0.360 e. The van der Waals surface area contributed by atoms with Crippen molar-refractivity contribution in [3.05, 3.63) is 23.9 Å². The molecule has 86 valence electrons. The molecule has 0 radical (unpaired) electrons. The molecular weight excluding hydrogens is 254 g/mol. The van der Waals surface area contributed by atoms with E-state index in [1.165, 1.54) is 23.1 Å². The maximum Gasteiger partial charge on any atom is 0.206 e. The molecule has 0 spiro atoms. The highest BCUT2D eigenvalue weighted by atomic mass is 32.2. The molecule has 0 aliphatic heterocycles. The van der Waals surface area contributed by atoms with Gasteiger partial charge >= 0.3 is 0 Å². The van der Waals surface area contributed by atoms with Crippen LogP contribution in [0.25, 0.3) is 0 Å². The number of hydrogen-bond acceptors (Lipinski definition) is 7. The van der Waals surface area contributed by atoms with Gasteiger partial charge in [-0.15, -0.1) is 10.2 Å². The molecule has 0 unspecified atom stereocenters. The summed E-state index contributed by atoms with van der Waals surface area (Å²) in [6.07, 6.45) is 0. The van der Waals surface area contributed by atoms with Gasteiger partial charge in [0.2, 0.25) is 5.13 Å². The van der Waals surface area contributed by atoms with Gasteiger partial charge in [-0.2, -0.15) is 5.26 Å². The number of aromatic nitrogens is 3. The molecule has 0 fully saturated rings. The lowest BCUT2D eigenvalue weighted by molar-refractivity contribution is 0.996. The molecule has 0 atom stereocenters. The van der Waals surface area contributed by atoms with Crippen molar-refractivity contribution >= 4 is 28.2 Å². The molecule has 7 heteroatoms. The van der Waals surface area contributed by atoms with Gasteiger partial charge < -0.3 is 5.32 Å². The van der Waals surface area contributed by atoms with Gasteiger partial charge in [0, 0.05) is 6.54 Å². The van der Waals surface area contributed by atoms with E-state index in [9.17, 15) is 0 Å². The van der Waals surface area contributed by atoms with Crippen molar-refractivity contribution in [1.82, 2.24) is 15.2 Å². The Morgan fingerprint density at radius 2 is 2.35 bits per heavy atom. The normalized spacial score (nSPS) is 9.88. The standard InChI is InChI=1S/C10H9N5S2/c1-2-12-9-14-15-10(17-9)16-8-5-3-4-7(6-11)13-8/h3-5H,2H2,1H3,(H,12,14). The molecule has 0 aliphatic carbocycles. The predicted molar refractivity (Wildman–Crippen MR) is 67.1 cm³/mol. The number of hydrogen-bond donors (Lipinski definition) is 1. The van der Waals surface area contributed by atoms with Crippen LogP contribution in [-0.2, 0) is 0 Å². The average Bonchev–Trinajstić information content (AvgIpc) is 2.77. The van der Waals surface area contributed by atoms with Gasteiger partial charge in [0.1, 0.15) is 16.8 Å². The Morgan fingerprint density at radius 1 is 1.47 bits per heavy atom. The fourth-order valence-electron chi connectivity index (χ4n) is 1.10. The van der Waals surface area contributed by atoms with Crippen LogP contribution in [0.4, 0.5) is 5.13 Å². The van der Waals surface area contributed by atoms with Crippen LogP contribution >= 0.6 is 23.1 Å². The van der Waals surface area contributed by atoms with E-state index in [1.807, 2.05) is 19.1 Å². The van der Waals surface area contributed by atoms with Crippen LogP contribution in [0.15, 0.2) is 27.6 Å². The van der Waals surface area contributed by atoms with Crippen molar-refractivity contribution in [2.24, 2.45) is 0 Å². The Kier molecular flexibility index (Phi) is 3.90. The Bertz CT molecular complexity index is 546. The van der Waals surface area contributed by atoms with Crippen LogP contribution in [-0.4, -0.2) is 21.7 Å². The zero-order valence-electron chi connectivity index (χ0n) is 9.04. The van der Waals surface area contributed by atoms with Crippen molar-refractivity contribution in [2.45, 2.75) is 16.3 Å². The fourth-order valence-corrected chi connectivity index (χ4v) is 2.85. The van der Waals surface area contributed by atoms with E-state index in [4.69, 9.17) is 5.26 Å². The van der Waals surface area contributed by atoms with E-state index >= 15 is 0 Å². The van der Waals surface area contributed by atoms with Crippen LogP contribution in [0.1, 0.15) is 12.6 Å². The Labute approximate surface area is 107 Å². The first-order chi connectivity index (χ1) is 8.31.